The molecular weight excluding hydrogens is 222 g/mol. The molecule has 0 radical (unpaired) electrons. The van der Waals surface area contributed by atoms with Gasteiger partial charge in [0, 0.05) is 23.9 Å². The molecule has 0 spiro atoms. The van der Waals surface area contributed by atoms with Crippen molar-refractivity contribution >= 4 is 11.3 Å². The maximum Gasteiger partial charge on any atom is 0.120 e. The molecule has 0 bridgehead atoms. The van der Waals surface area contributed by atoms with Crippen LogP contribution in [0.25, 0.3) is 5.57 Å². The van der Waals surface area contributed by atoms with E-state index < -0.39 is 0 Å². The van der Waals surface area contributed by atoms with Gasteiger partial charge in [-0.1, -0.05) is 13.0 Å². The maximum absolute atomic E-state index is 5.36. The van der Waals surface area contributed by atoms with E-state index in [2.05, 4.69) is 50.8 Å². The maximum atomic E-state index is 5.36. The van der Waals surface area contributed by atoms with Crippen LogP contribution < -0.4 is 9.64 Å². The largest absolute Gasteiger partial charge is 0.497 e. The van der Waals surface area contributed by atoms with Crippen molar-refractivity contribution in [1.82, 2.24) is 0 Å². The summed E-state index contributed by atoms with van der Waals surface area (Å²) in [6.07, 6.45) is 3.50. The summed E-state index contributed by atoms with van der Waals surface area (Å²) >= 11 is 0. The Bertz CT molecular complexity index is 474. The number of anilines is 1. The van der Waals surface area contributed by atoms with E-state index in [0.717, 1.165) is 18.7 Å². The van der Waals surface area contributed by atoms with Crippen LogP contribution in [-0.4, -0.2) is 19.2 Å². The standard InChI is InChI=1S/C16H23NO/c1-6-9-17-15-10-13(18-5)7-8-14(15)12(2)11-16(17,3)4/h7-8,10-11H,6,9H2,1-5H3. The number of hydrogen-bond acceptors (Lipinski definition) is 2. The highest BCUT2D eigenvalue weighted by Crippen LogP contribution is 2.40. The van der Waals surface area contributed by atoms with Crippen LogP contribution in [-0.2, 0) is 0 Å². The van der Waals surface area contributed by atoms with Crippen molar-refractivity contribution in [3.63, 3.8) is 0 Å². The van der Waals surface area contributed by atoms with Crippen molar-refractivity contribution in [2.75, 3.05) is 18.6 Å². The Labute approximate surface area is 110 Å². The summed E-state index contributed by atoms with van der Waals surface area (Å²) in [6.45, 7) is 10.0. The monoisotopic (exact) mass is 245 g/mol. The Kier molecular flexibility index (Phi) is 3.38. The molecular formula is C16H23NO. The van der Waals surface area contributed by atoms with Crippen LogP contribution in [0.1, 0.15) is 39.7 Å². The molecule has 2 heteroatoms. The first-order chi connectivity index (χ1) is 8.49. The first kappa shape index (κ1) is 13.0. The quantitative estimate of drug-likeness (QED) is 0.794. The molecule has 0 saturated carbocycles. The average Bonchev–Trinajstić information content (AvgIpc) is 2.33. The highest BCUT2D eigenvalue weighted by atomic mass is 16.5. The van der Waals surface area contributed by atoms with Crippen LogP contribution in [0.2, 0.25) is 0 Å². The lowest BCUT2D eigenvalue weighted by Crippen LogP contribution is -2.45. The number of rotatable bonds is 3. The zero-order chi connectivity index (χ0) is 13.3. The molecule has 0 aliphatic carbocycles. The van der Waals surface area contributed by atoms with E-state index in [9.17, 15) is 0 Å². The summed E-state index contributed by atoms with van der Waals surface area (Å²) in [4.78, 5) is 2.47. The third-order valence-corrected chi connectivity index (χ3v) is 3.63. The lowest BCUT2D eigenvalue weighted by Gasteiger charge is -2.43. The predicted molar refractivity (Wildman–Crippen MR) is 78.4 cm³/mol. The van der Waals surface area contributed by atoms with Gasteiger partial charge < -0.3 is 9.64 Å². The normalized spacial score (nSPS) is 17.2. The zero-order valence-electron chi connectivity index (χ0n) is 12.1. The third kappa shape index (κ3) is 2.12. The summed E-state index contributed by atoms with van der Waals surface area (Å²) in [7, 11) is 1.72. The number of ether oxygens (including phenoxy) is 1. The molecule has 98 valence electrons. The Morgan fingerprint density at radius 1 is 1.28 bits per heavy atom. The van der Waals surface area contributed by atoms with E-state index >= 15 is 0 Å². The molecule has 0 saturated heterocycles. The molecule has 18 heavy (non-hydrogen) atoms. The van der Waals surface area contributed by atoms with Gasteiger partial charge in [-0.2, -0.15) is 0 Å². The topological polar surface area (TPSA) is 12.5 Å². The molecule has 1 aliphatic heterocycles. The van der Waals surface area contributed by atoms with Gasteiger partial charge >= 0.3 is 0 Å². The van der Waals surface area contributed by atoms with E-state index in [1.807, 2.05) is 6.07 Å². The van der Waals surface area contributed by atoms with E-state index in [1.165, 1.54) is 16.8 Å². The molecule has 0 fully saturated rings. The van der Waals surface area contributed by atoms with Crippen molar-refractivity contribution < 1.29 is 4.74 Å². The van der Waals surface area contributed by atoms with Crippen LogP contribution in [0.15, 0.2) is 24.3 Å². The molecule has 2 rings (SSSR count). The number of benzene rings is 1. The van der Waals surface area contributed by atoms with Gasteiger partial charge in [0.1, 0.15) is 5.75 Å². The number of fused-ring (bicyclic) bond motifs is 1. The predicted octanol–water partition coefficient (Wildman–Crippen LogP) is 4.11. The minimum atomic E-state index is 0.0689. The number of methoxy groups -OCH3 is 1. The number of nitrogens with zero attached hydrogens (tertiary/aromatic N) is 1. The molecule has 1 heterocycles. The van der Waals surface area contributed by atoms with Crippen molar-refractivity contribution in [2.45, 2.75) is 39.7 Å². The highest BCUT2D eigenvalue weighted by Gasteiger charge is 2.30. The van der Waals surface area contributed by atoms with Gasteiger partial charge in [-0.3, -0.25) is 0 Å². The summed E-state index contributed by atoms with van der Waals surface area (Å²) in [5.74, 6) is 0.931. The van der Waals surface area contributed by atoms with E-state index in [1.54, 1.807) is 7.11 Å². The van der Waals surface area contributed by atoms with Gasteiger partial charge in [0.15, 0.2) is 0 Å². The first-order valence-electron chi connectivity index (χ1n) is 6.65. The highest BCUT2D eigenvalue weighted by molar-refractivity contribution is 5.82. The van der Waals surface area contributed by atoms with Crippen LogP contribution in [0.4, 0.5) is 5.69 Å². The second-order valence-electron chi connectivity index (χ2n) is 5.52. The summed E-state index contributed by atoms with van der Waals surface area (Å²) < 4.78 is 5.36. The summed E-state index contributed by atoms with van der Waals surface area (Å²) in [6, 6.07) is 6.36. The summed E-state index contributed by atoms with van der Waals surface area (Å²) in [5, 5.41) is 0. The molecule has 0 aromatic heterocycles. The molecule has 1 aromatic carbocycles. The van der Waals surface area contributed by atoms with Crippen molar-refractivity contribution in [2.24, 2.45) is 0 Å². The van der Waals surface area contributed by atoms with Gasteiger partial charge in [-0.05, 0) is 44.9 Å². The van der Waals surface area contributed by atoms with E-state index in [0.29, 0.717) is 0 Å². The molecule has 0 amide bonds. The zero-order valence-corrected chi connectivity index (χ0v) is 12.1. The Hall–Kier alpha value is -1.44. The van der Waals surface area contributed by atoms with Gasteiger partial charge in [0.05, 0.1) is 12.6 Å². The minimum Gasteiger partial charge on any atom is -0.497 e. The third-order valence-electron chi connectivity index (χ3n) is 3.63. The van der Waals surface area contributed by atoms with Gasteiger partial charge in [0.2, 0.25) is 0 Å². The SMILES string of the molecule is CCCN1c2cc(OC)ccc2C(C)=CC1(C)C. The smallest absolute Gasteiger partial charge is 0.120 e. The van der Waals surface area contributed by atoms with Crippen LogP contribution in [0.5, 0.6) is 5.75 Å². The van der Waals surface area contributed by atoms with Crippen LogP contribution in [0.3, 0.4) is 0 Å². The lowest BCUT2D eigenvalue weighted by atomic mass is 9.88. The minimum absolute atomic E-state index is 0.0689. The molecule has 2 nitrogen and oxygen atoms in total. The molecule has 0 atom stereocenters. The van der Waals surface area contributed by atoms with Gasteiger partial charge in [-0.15, -0.1) is 0 Å². The molecule has 1 aliphatic rings. The van der Waals surface area contributed by atoms with Gasteiger partial charge in [-0.25, -0.2) is 0 Å². The number of allylic oxidation sites excluding steroid dienone is 1. The van der Waals surface area contributed by atoms with Crippen LogP contribution in [0, 0.1) is 0 Å². The second-order valence-corrected chi connectivity index (χ2v) is 5.52. The van der Waals surface area contributed by atoms with Crippen molar-refractivity contribution in [1.29, 1.82) is 0 Å². The fourth-order valence-electron chi connectivity index (χ4n) is 2.82. The molecule has 0 unspecified atom stereocenters. The first-order valence-corrected chi connectivity index (χ1v) is 6.65. The van der Waals surface area contributed by atoms with Crippen LogP contribution >= 0.6 is 0 Å². The van der Waals surface area contributed by atoms with Crippen molar-refractivity contribution in [3.8, 4) is 5.75 Å². The van der Waals surface area contributed by atoms with Crippen molar-refractivity contribution in [3.05, 3.63) is 29.8 Å². The Morgan fingerprint density at radius 2 is 2.00 bits per heavy atom. The Morgan fingerprint density at radius 3 is 2.61 bits per heavy atom. The van der Waals surface area contributed by atoms with Gasteiger partial charge in [0.25, 0.3) is 0 Å². The second kappa shape index (κ2) is 4.68. The summed E-state index contributed by atoms with van der Waals surface area (Å²) in [5.41, 5.74) is 4.04. The molecule has 1 aromatic rings. The number of hydrogen-bond donors (Lipinski definition) is 0. The lowest BCUT2D eigenvalue weighted by molar-refractivity contribution is 0.414. The fourth-order valence-corrected chi connectivity index (χ4v) is 2.82. The molecule has 0 N–H and O–H groups in total. The fraction of sp³-hybridized carbons (Fsp3) is 0.500. The average molecular weight is 245 g/mol. The Balaban J connectivity index is 2.56. The van der Waals surface area contributed by atoms with E-state index in [-0.39, 0.29) is 5.54 Å². The van der Waals surface area contributed by atoms with E-state index in [4.69, 9.17) is 4.74 Å².